The number of H-pyrrole nitrogens is 1. The van der Waals surface area contributed by atoms with Crippen LogP contribution < -0.4 is 37.0 Å². The number of hydrogen-bond donors (Lipinski definition) is 9. The van der Waals surface area contributed by atoms with E-state index in [0.717, 1.165) is 10.9 Å². The van der Waals surface area contributed by atoms with E-state index in [9.17, 15) is 58.7 Å². The average molecular weight is 803 g/mol. The minimum absolute atomic E-state index is 0.0270. The van der Waals surface area contributed by atoms with Gasteiger partial charge in [0.2, 0.25) is 5.95 Å². The summed E-state index contributed by atoms with van der Waals surface area (Å²) in [6.45, 7) is -2.37. The molecule has 0 aliphatic carbocycles. The third kappa shape index (κ3) is 7.61. The number of fused-ring (bicyclic) bond motifs is 1. The molecule has 2 aromatic rings. The molecule has 0 bridgehead atoms. The molecule has 6 rings (SSSR count). The Hall–Kier alpha value is -3.11. The van der Waals surface area contributed by atoms with E-state index >= 15 is 0 Å². The van der Waals surface area contributed by atoms with Crippen LogP contribution in [0.5, 0.6) is 0 Å². The lowest BCUT2D eigenvalue weighted by atomic mass is 10.1. The van der Waals surface area contributed by atoms with E-state index in [4.69, 9.17) is 20.9 Å². The normalized spacial score (nSPS) is 34.2. The Morgan fingerprint density at radius 2 is 1.48 bits per heavy atom. The SMILES string of the molecule is CN1CN([C@@H]2O[C@H](COP(=O)([O-])OP(=O)([O-])OP(=O)([O-])OC[C@H]3O[C@@H](n4cnc5c(=O)[nH]c(N)nc54)C(O)C3O)C(O)[C@H]2O)C2=C1C(O)N=C(N)N2. The van der Waals surface area contributed by atoms with Gasteiger partial charge in [-0.3, -0.25) is 28.0 Å². The van der Waals surface area contributed by atoms with Crippen molar-refractivity contribution in [3.63, 3.8) is 0 Å². The van der Waals surface area contributed by atoms with Crippen molar-refractivity contribution in [3.8, 4) is 0 Å². The van der Waals surface area contributed by atoms with E-state index in [1.54, 1.807) is 7.05 Å². The van der Waals surface area contributed by atoms with E-state index in [1.807, 2.05) is 0 Å². The number of aliphatic imine (C=N–C) groups is 1. The fourth-order valence-electron chi connectivity index (χ4n) is 5.70. The number of ether oxygens (including phenoxy) is 2. The first-order chi connectivity index (χ1) is 24.2. The van der Waals surface area contributed by atoms with Gasteiger partial charge in [0.25, 0.3) is 29.0 Å². The van der Waals surface area contributed by atoms with Crippen LogP contribution >= 0.6 is 23.5 Å². The van der Waals surface area contributed by atoms with Gasteiger partial charge in [-0.1, -0.05) is 0 Å². The molecule has 52 heavy (non-hydrogen) atoms. The van der Waals surface area contributed by atoms with Crippen LogP contribution in [0.4, 0.5) is 5.95 Å². The number of nitrogens with two attached hydrogens (primary N) is 2. The molecule has 31 heteroatoms. The number of aromatic nitrogens is 4. The second-order valence-corrected chi connectivity index (χ2v) is 16.0. The number of phosphoric acid groups is 3. The summed E-state index contributed by atoms with van der Waals surface area (Å²) in [4.78, 5) is 65.4. The number of aromatic amines is 1. The molecule has 0 radical (unpaired) electrons. The number of aliphatic hydroxyl groups excluding tert-OH is 5. The van der Waals surface area contributed by atoms with Gasteiger partial charge < -0.3 is 85.3 Å². The van der Waals surface area contributed by atoms with Crippen LogP contribution in [0.15, 0.2) is 27.6 Å². The zero-order valence-corrected chi connectivity index (χ0v) is 28.8. The van der Waals surface area contributed by atoms with E-state index in [-0.39, 0.29) is 41.3 Å². The number of rotatable bonds is 12. The maximum Gasteiger partial charge on any atom is 0.280 e. The summed E-state index contributed by atoms with van der Waals surface area (Å²) >= 11 is 0. The molecule has 0 saturated carbocycles. The van der Waals surface area contributed by atoms with Gasteiger partial charge >= 0.3 is 0 Å². The van der Waals surface area contributed by atoms with Crippen LogP contribution in [-0.4, -0.2) is 137 Å². The number of imidazole rings is 1. The summed E-state index contributed by atoms with van der Waals surface area (Å²) in [5.41, 5.74) is 10.3. The Morgan fingerprint density at radius 3 is 2.08 bits per heavy atom. The van der Waals surface area contributed by atoms with E-state index in [0.29, 0.717) is 0 Å². The lowest BCUT2D eigenvalue weighted by molar-refractivity contribution is -0.252. The highest BCUT2D eigenvalue weighted by atomic mass is 31.3. The Morgan fingerprint density at radius 1 is 0.923 bits per heavy atom. The molecule has 28 nitrogen and oxygen atoms in total. The molecule has 2 saturated heterocycles. The van der Waals surface area contributed by atoms with Gasteiger partial charge in [0, 0.05) is 7.05 Å². The monoisotopic (exact) mass is 803 g/mol. The topological polar surface area (TPSA) is 423 Å². The highest BCUT2D eigenvalue weighted by Crippen LogP contribution is 2.63. The summed E-state index contributed by atoms with van der Waals surface area (Å²) in [5, 5.41) is 54.9. The maximum absolute atomic E-state index is 12.3. The van der Waals surface area contributed by atoms with Crippen molar-refractivity contribution in [3.05, 3.63) is 28.2 Å². The predicted molar refractivity (Wildman–Crippen MR) is 158 cm³/mol. The molecule has 290 valence electrons. The lowest BCUT2D eigenvalue weighted by Gasteiger charge is -2.35. The summed E-state index contributed by atoms with van der Waals surface area (Å²) in [6.07, 6.45) is -13.8. The van der Waals surface area contributed by atoms with Crippen LogP contribution in [0.3, 0.4) is 0 Å². The molecule has 11 N–H and O–H groups in total. The molecule has 0 spiro atoms. The molecular weight excluding hydrogens is 773 g/mol. The van der Waals surface area contributed by atoms with Crippen molar-refractivity contribution in [2.75, 3.05) is 32.7 Å². The minimum Gasteiger partial charge on any atom is -0.756 e. The number of nitrogens with zero attached hydrogens (tertiary/aromatic N) is 6. The first-order valence-corrected chi connectivity index (χ1v) is 19.0. The van der Waals surface area contributed by atoms with Gasteiger partial charge in [-0.05, 0) is 0 Å². The maximum atomic E-state index is 12.3. The van der Waals surface area contributed by atoms with Gasteiger partial charge in [-0.25, -0.2) is 18.6 Å². The molecule has 0 aromatic carbocycles. The first-order valence-electron chi connectivity index (χ1n) is 14.6. The predicted octanol–water partition coefficient (Wildman–Crippen LogP) is -7.15. The average Bonchev–Trinajstić information content (AvgIpc) is 3.74. The van der Waals surface area contributed by atoms with Gasteiger partial charge in [-0.2, -0.15) is 4.98 Å². The largest absolute Gasteiger partial charge is 0.756 e. The van der Waals surface area contributed by atoms with Crippen molar-refractivity contribution in [1.29, 1.82) is 0 Å². The number of phosphoric ester groups is 2. The van der Waals surface area contributed by atoms with Crippen LogP contribution in [0.1, 0.15) is 6.23 Å². The lowest BCUT2D eigenvalue weighted by Crippen LogP contribution is -2.48. The molecule has 7 unspecified atom stereocenters. The van der Waals surface area contributed by atoms with Gasteiger partial charge in [0.1, 0.15) is 48.1 Å². The van der Waals surface area contributed by atoms with E-state index in [2.05, 4.69) is 42.9 Å². The van der Waals surface area contributed by atoms with E-state index in [1.165, 1.54) is 9.80 Å². The van der Waals surface area contributed by atoms with Crippen molar-refractivity contribution >= 4 is 46.5 Å². The summed E-state index contributed by atoms with van der Waals surface area (Å²) in [7, 11) is -16.8. The van der Waals surface area contributed by atoms with Crippen molar-refractivity contribution in [2.24, 2.45) is 10.7 Å². The molecule has 0 amide bonds. The smallest absolute Gasteiger partial charge is 0.280 e. The number of likely N-dealkylation sites (N-methyl/N-ethyl adjacent to an activating group) is 1. The standard InChI is InChI=1S/C21H33N10O18P3/c1-29-5-31(15-9(29)17(37)28-21(23)26-15)19-13(35)11(33)7(47-19)3-45-51(40,41)49-52(42,43)48-50(38,39)44-2-6-10(32)12(34)18(46-6)30-4-24-8-14(30)25-20(22)27-16(8)36/h4,6-7,10-13,17-19,32-35,37H,2-3,5H2,1H3,(H,38,39)(H,40,41)(H,42,43)(H3,23,26,28)(H3,22,25,27,36)/p-3/t6-,7-,10?,11?,12?,13-,17?,18-,19-/m1/s1. The number of nitrogen functional groups attached to an aromatic ring is 1. The molecule has 4 aliphatic rings. The van der Waals surface area contributed by atoms with Crippen molar-refractivity contribution < 1.29 is 81.1 Å². The fraction of sp³-hybridized carbons (Fsp3) is 0.619. The molecule has 2 aromatic heterocycles. The van der Waals surface area contributed by atoms with Crippen LogP contribution in [0.2, 0.25) is 0 Å². The molecule has 6 heterocycles. The Bertz CT molecular complexity index is 1980. The summed E-state index contributed by atoms with van der Waals surface area (Å²) in [6, 6.07) is 0. The Labute approximate surface area is 289 Å². The number of aliphatic hydroxyl groups is 5. The number of hydrogen-bond acceptors (Lipinski definition) is 26. The van der Waals surface area contributed by atoms with Crippen molar-refractivity contribution in [2.45, 2.75) is 55.3 Å². The molecule has 4 aliphatic heterocycles. The molecule has 12 atom stereocenters. The molecular formula is C21H30N10O18P3-3. The highest BCUT2D eigenvalue weighted by molar-refractivity contribution is 7.65. The number of guanidine groups is 1. The third-order valence-corrected chi connectivity index (χ3v) is 12.1. The number of anilines is 1. The Kier molecular flexibility index (Phi) is 10.4. The summed E-state index contributed by atoms with van der Waals surface area (Å²) < 4.78 is 65.3. The van der Waals surface area contributed by atoms with Crippen molar-refractivity contribution in [1.82, 2.24) is 34.6 Å². The highest BCUT2D eigenvalue weighted by Gasteiger charge is 2.50. The Balaban J connectivity index is 1.02. The van der Waals surface area contributed by atoms with Gasteiger partial charge in [0.15, 0.2) is 35.8 Å². The fourth-order valence-corrected chi connectivity index (χ4v) is 9.08. The van der Waals surface area contributed by atoms with Gasteiger partial charge in [-0.15, -0.1) is 0 Å². The minimum atomic E-state index is -6.36. The third-order valence-electron chi connectivity index (χ3n) is 7.96. The second-order valence-electron chi connectivity index (χ2n) is 11.5. The van der Waals surface area contributed by atoms with Gasteiger partial charge in [0.05, 0.1) is 26.2 Å². The molecule has 2 fully saturated rings. The quantitative estimate of drug-likeness (QED) is 0.0900. The number of nitrogens with one attached hydrogen (secondary N) is 2. The van der Waals surface area contributed by atoms with Crippen LogP contribution in [0.25, 0.3) is 11.2 Å². The van der Waals surface area contributed by atoms with Crippen LogP contribution in [0, 0.1) is 0 Å². The zero-order valence-electron chi connectivity index (χ0n) is 26.1. The van der Waals surface area contributed by atoms with Crippen LogP contribution in [-0.2, 0) is 40.8 Å². The second kappa shape index (κ2) is 13.9. The summed E-state index contributed by atoms with van der Waals surface area (Å²) in [5.74, 6) is -0.347. The first kappa shape index (κ1) is 38.6. The van der Waals surface area contributed by atoms with E-state index < -0.39 is 97.5 Å². The zero-order chi connectivity index (χ0) is 38.1.